The van der Waals surface area contributed by atoms with Gasteiger partial charge < -0.3 is 11.1 Å². The summed E-state index contributed by atoms with van der Waals surface area (Å²) in [7, 11) is 0. The van der Waals surface area contributed by atoms with E-state index in [0.717, 1.165) is 44.7 Å². The third-order valence-electron chi connectivity index (χ3n) is 4.68. The van der Waals surface area contributed by atoms with Gasteiger partial charge in [-0.15, -0.1) is 6.58 Å². The van der Waals surface area contributed by atoms with Crippen molar-refractivity contribution in [3.05, 3.63) is 131 Å². The lowest BCUT2D eigenvalue weighted by Crippen LogP contribution is -2.07. The van der Waals surface area contributed by atoms with E-state index in [1.165, 1.54) is 6.21 Å². The van der Waals surface area contributed by atoms with E-state index in [2.05, 4.69) is 36.3 Å². The fourth-order valence-corrected chi connectivity index (χ4v) is 3.16. The summed E-state index contributed by atoms with van der Waals surface area (Å²) in [5.41, 5.74) is 14.6. The quantitative estimate of drug-likeness (QED) is 0.233. The molecule has 0 saturated carbocycles. The largest absolute Gasteiger partial charge is 0.399 e. The highest BCUT2D eigenvalue weighted by molar-refractivity contribution is 5.89. The third kappa shape index (κ3) is 11.1. The van der Waals surface area contributed by atoms with Crippen LogP contribution >= 0.6 is 0 Å². The number of allylic oxidation sites excluding steroid dienone is 7. The van der Waals surface area contributed by atoms with Gasteiger partial charge in [-0.2, -0.15) is 0 Å². The number of aryl methyl sites for hydroxylation is 2. The van der Waals surface area contributed by atoms with E-state index in [1.54, 1.807) is 6.08 Å². The van der Waals surface area contributed by atoms with Gasteiger partial charge in [0.25, 0.3) is 0 Å². The predicted molar refractivity (Wildman–Crippen MR) is 164 cm³/mol. The van der Waals surface area contributed by atoms with Gasteiger partial charge in [-0.1, -0.05) is 95.0 Å². The molecule has 0 aliphatic rings. The number of nitrogens with two attached hydrogens (primary N) is 1. The molecule has 1 aromatic carbocycles. The summed E-state index contributed by atoms with van der Waals surface area (Å²) < 4.78 is 0. The Kier molecular flexibility index (Phi) is 19.7. The first-order valence-electron chi connectivity index (χ1n) is 12.6. The first-order valence-corrected chi connectivity index (χ1v) is 12.6. The Morgan fingerprint density at radius 2 is 1.50 bits per heavy atom. The fourth-order valence-electron chi connectivity index (χ4n) is 3.16. The van der Waals surface area contributed by atoms with Crippen molar-refractivity contribution in [2.75, 3.05) is 0 Å². The van der Waals surface area contributed by atoms with E-state index in [9.17, 15) is 0 Å². The molecule has 1 aromatic heterocycles. The van der Waals surface area contributed by atoms with Crippen LogP contribution in [0.15, 0.2) is 109 Å². The zero-order valence-corrected chi connectivity index (χ0v) is 23.9. The molecule has 0 fully saturated rings. The lowest BCUT2D eigenvalue weighted by atomic mass is 9.86. The zero-order chi connectivity index (χ0) is 28.1. The van der Waals surface area contributed by atoms with Crippen molar-refractivity contribution >= 4 is 11.8 Å². The van der Waals surface area contributed by atoms with E-state index in [0.29, 0.717) is 5.70 Å². The summed E-state index contributed by atoms with van der Waals surface area (Å²) >= 11 is 0. The number of hydrogen-bond acceptors (Lipinski definition) is 3. The molecule has 0 aliphatic carbocycles. The maximum Gasteiger partial charge on any atom is 0.0451 e. The molecule has 1 heterocycles. The second-order valence-electron chi connectivity index (χ2n) is 7.21. The van der Waals surface area contributed by atoms with Crippen LogP contribution < -0.4 is 5.73 Å². The average Bonchev–Trinajstić information content (AvgIpc) is 2.90. The van der Waals surface area contributed by atoms with Gasteiger partial charge in [0.1, 0.15) is 0 Å². The Bertz CT molecular complexity index is 1070. The molecule has 194 valence electrons. The molecule has 2 rings (SSSR count). The van der Waals surface area contributed by atoms with Crippen molar-refractivity contribution in [1.29, 1.82) is 5.41 Å². The summed E-state index contributed by atoms with van der Waals surface area (Å²) in [5, 5.41) is 7.53. The van der Waals surface area contributed by atoms with Crippen molar-refractivity contribution in [3.8, 4) is 0 Å². The summed E-state index contributed by atoms with van der Waals surface area (Å²) in [6.45, 7) is 25.3. The van der Waals surface area contributed by atoms with Crippen LogP contribution in [0, 0.1) is 19.3 Å². The molecule has 2 aromatic rings. The van der Waals surface area contributed by atoms with Crippen molar-refractivity contribution in [2.45, 2.75) is 62.3 Å². The normalized spacial score (nSPS) is 11.5. The van der Waals surface area contributed by atoms with Gasteiger partial charge in [0.15, 0.2) is 0 Å². The molecule has 0 radical (unpaired) electrons. The molecule has 0 bridgehead atoms. The van der Waals surface area contributed by atoms with Crippen LogP contribution in [0.1, 0.15) is 70.9 Å². The summed E-state index contributed by atoms with van der Waals surface area (Å²) in [6, 6.07) is 12.3. The fraction of sp³-hybridized carbons (Fsp3) is 0.273. The number of rotatable bonds is 7. The van der Waals surface area contributed by atoms with E-state index < -0.39 is 0 Å². The second-order valence-corrected chi connectivity index (χ2v) is 7.21. The molecule has 0 spiro atoms. The van der Waals surface area contributed by atoms with Gasteiger partial charge in [-0.25, -0.2) is 0 Å². The standard InChI is InChI=1S/C26H29N3.C3H6.2C2H6/c1-6-21(16-27)13-14-22(7-2)25(19(4)28)26(23-11-9-8-10-12-23)24-15-18(3)17-29-20(24)5;1-3-2;2*1-2/h6-17,27H,4,28H2,1-3,5H3;3H,1H2,2H3;2*1-2H3/b14-13+,21-6-,22-7+,26-25+,27-16?;;;. The summed E-state index contributed by atoms with van der Waals surface area (Å²) in [6.07, 6.45) is 12.8. The average molecular weight is 486 g/mol. The maximum absolute atomic E-state index is 7.53. The van der Waals surface area contributed by atoms with Gasteiger partial charge in [-0.05, 0) is 63.0 Å². The Morgan fingerprint density at radius 1 is 0.944 bits per heavy atom. The molecule has 0 amide bonds. The van der Waals surface area contributed by atoms with Crippen LogP contribution in [0.25, 0.3) is 5.57 Å². The van der Waals surface area contributed by atoms with Crippen LogP contribution in [-0.2, 0) is 0 Å². The number of hydrogen-bond donors (Lipinski definition) is 2. The number of benzene rings is 1. The number of aromatic nitrogens is 1. The van der Waals surface area contributed by atoms with Crippen LogP contribution in [0.4, 0.5) is 0 Å². The van der Waals surface area contributed by atoms with Gasteiger partial charge >= 0.3 is 0 Å². The number of nitrogens with one attached hydrogen (secondary N) is 1. The van der Waals surface area contributed by atoms with Gasteiger partial charge in [0, 0.05) is 40.5 Å². The molecule has 3 heteroatoms. The zero-order valence-electron chi connectivity index (χ0n) is 23.9. The maximum atomic E-state index is 7.53. The van der Waals surface area contributed by atoms with E-state index in [4.69, 9.17) is 11.1 Å². The van der Waals surface area contributed by atoms with Crippen LogP contribution in [0.5, 0.6) is 0 Å². The molecule has 0 atom stereocenters. The van der Waals surface area contributed by atoms with Gasteiger partial charge in [-0.3, -0.25) is 4.98 Å². The highest BCUT2D eigenvalue weighted by Gasteiger charge is 2.18. The highest BCUT2D eigenvalue weighted by atomic mass is 14.7. The van der Waals surface area contributed by atoms with Gasteiger partial charge in [0.05, 0.1) is 0 Å². The molecular weight excluding hydrogens is 438 g/mol. The molecule has 0 saturated heterocycles. The molecule has 3 nitrogen and oxygen atoms in total. The Hall–Kier alpha value is -3.72. The van der Waals surface area contributed by atoms with Crippen LogP contribution in [0.3, 0.4) is 0 Å². The summed E-state index contributed by atoms with van der Waals surface area (Å²) in [5.74, 6) is 0. The lowest BCUT2D eigenvalue weighted by Gasteiger charge is -2.19. The van der Waals surface area contributed by atoms with Crippen molar-refractivity contribution in [1.82, 2.24) is 4.98 Å². The Labute approximate surface area is 221 Å². The number of pyridine rings is 1. The SMILES string of the molecule is C=C(N)C(=C(/c1ccccc1)c1cc(C)cnc1C)/C(/C=C/C(C=N)=C/C)=C/C.C=CC.CC.CC. The van der Waals surface area contributed by atoms with Crippen molar-refractivity contribution < 1.29 is 0 Å². The van der Waals surface area contributed by atoms with Crippen molar-refractivity contribution in [3.63, 3.8) is 0 Å². The third-order valence-corrected chi connectivity index (χ3v) is 4.68. The Balaban J connectivity index is 0. The Morgan fingerprint density at radius 3 is 1.94 bits per heavy atom. The first kappa shape index (κ1) is 34.4. The molecular formula is C33H47N3. The number of nitrogens with zero attached hydrogens (tertiary/aromatic N) is 1. The van der Waals surface area contributed by atoms with Crippen LogP contribution in [-0.4, -0.2) is 11.2 Å². The van der Waals surface area contributed by atoms with E-state index in [1.807, 2.05) is 111 Å². The lowest BCUT2D eigenvalue weighted by molar-refractivity contribution is 1.15. The minimum atomic E-state index is 0.486. The minimum absolute atomic E-state index is 0.486. The van der Waals surface area contributed by atoms with Gasteiger partial charge in [0.2, 0.25) is 0 Å². The minimum Gasteiger partial charge on any atom is -0.399 e. The van der Waals surface area contributed by atoms with E-state index >= 15 is 0 Å². The van der Waals surface area contributed by atoms with Crippen LogP contribution in [0.2, 0.25) is 0 Å². The summed E-state index contributed by atoms with van der Waals surface area (Å²) in [4.78, 5) is 4.57. The molecule has 0 aliphatic heterocycles. The first-order chi connectivity index (χ1) is 17.3. The van der Waals surface area contributed by atoms with E-state index in [-0.39, 0.29) is 0 Å². The monoisotopic (exact) mass is 485 g/mol. The molecule has 0 unspecified atom stereocenters. The topological polar surface area (TPSA) is 62.8 Å². The second kappa shape index (κ2) is 20.6. The highest BCUT2D eigenvalue weighted by Crippen LogP contribution is 2.35. The van der Waals surface area contributed by atoms with Crippen molar-refractivity contribution in [2.24, 2.45) is 5.73 Å². The predicted octanol–water partition coefficient (Wildman–Crippen LogP) is 9.32. The molecule has 3 N–H and O–H groups in total. The smallest absolute Gasteiger partial charge is 0.0451 e. The molecule has 36 heavy (non-hydrogen) atoms.